The molecular weight excluding hydrogens is 340 g/mol. The number of morpholine rings is 1. The predicted molar refractivity (Wildman–Crippen MR) is 102 cm³/mol. The Morgan fingerprint density at radius 3 is 2.85 bits per heavy atom. The monoisotopic (exact) mass is 364 g/mol. The highest BCUT2D eigenvalue weighted by Gasteiger charge is 2.24. The summed E-state index contributed by atoms with van der Waals surface area (Å²) in [5.74, 6) is 0. The molecule has 1 aliphatic rings. The zero-order chi connectivity index (χ0) is 18.6. The number of pyridine rings is 1. The molecule has 7 heteroatoms. The average Bonchev–Trinajstić information content (AvgIpc) is 3.08. The lowest BCUT2D eigenvalue weighted by molar-refractivity contribution is -0.0350. The zero-order valence-corrected chi connectivity index (χ0v) is 15.7. The van der Waals surface area contributed by atoms with Gasteiger partial charge in [-0.25, -0.2) is 15.0 Å². The summed E-state index contributed by atoms with van der Waals surface area (Å²) in [6.45, 7) is 8.40. The summed E-state index contributed by atoms with van der Waals surface area (Å²) in [7, 11) is 0. The highest BCUT2D eigenvalue weighted by molar-refractivity contribution is 5.56. The Morgan fingerprint density at radius 2 is 2.07 bits per heavy atom. The van der Waals surface area contributed by atoms with Gasteiger partial charge < -0.3 is 4.74 Å². The highest BCUT2D eigenvalue weighted by Crippen LogP contribution is 2.24. The Bertz CT molecular complexity index is 894. The Kier molecular flexibility index (Phi) is 5.22. The Hall–Kier alpha value is -2.64. The van der Waals surface area contributed by atoms with Crippen LogP contribution in [0.4, 0.5) is 0 Å². The SMILES string of the molecule is CCn1cc(CN2CCO[C@H](c3cccc(-c4cncnc4)n3)C2)c(C)n1. The van der Waals surface area contributed by atoms with E-state index in [4.69, 9.17) is 9.72 Å². The summed E-state index contributed by atoms with van der Waals surface area (Å²) in [6, 6.07) is 6.02. The lowest BCUT2D eigenvalue weighted by Gasteiger charge is -2.32. The van der Waals surface area contributed by atoms with Gasteiger partial charge in [-0.2, -0.15) is 5.10 Å². The van der Waals surface area contributed by atoms with Crippen molar-refractivity contribution in [3.8, 4) is 11.3 Å². The van der Waals surface area contributed by atoms with E-state index in [2.05, 4.69) is 40.0 Å². The smallest absolute Gasteiger partial charge is 0.115 e. The van der Waals surface area contributed by atoms with Gasteiger partial charge in [-0.15, -0.1) is 0 Å². The van der Waals surface area contributed by atoms with Crippen molar-refractivity contribution in [2.75, 3.05) is 19.7 Å². The molecule has 140 valence electrons. The second-order valence-electron chi connectivity index (χ2n) is 6.76. The average molecular weight is 364 g/mol. The van der Waals surface area contributed by atoms with Crippen LogP contribution < -0.4 is 0 Å². The van der Waals surface area contributed by atoms with E-state index in [1.165, 1.54) is 11.9 Å². The van der Waals surface area contributed by atoms with E-state index in [1.54, 1.807) is 12.4 Å². The first-order chi connectivity index (χ1) is 13.2. The minimum absolute atomic E-state index is 0.0372. The first-order valence-electron chi connectivity index (χ1n) is 9.32. The summed E-state index contributed by atoms with van der Waals surface area (Å²) < 4.78 is 8.02. The molecule has 0 saturated carbocycles. The van der Waals surface area contributed by atoms with Crippen molar-refractivity contribution in [2.24, 2.45) is 0 Å². The molecule has 0 N–H and O–H groups in total. The number of hydrogen-bond acceptors (Lipinski definition) is 6. The summed E-state index contributed by atoms with van der Waals surface area (Å²) >= 11 is 0. The largest absolute Gasteiger partial charge is 0.369 e. The molecule has 0 spiro atoms. The minimum Gasteiger partial charge on any atom is -0.369 e. The molecule has 3 aromatic heterocycles. The first-order valence-corrected chi connectivity index (χ1v) is 9.32. The lowest BCUT2D eigenvalue weighted by atomic mass is 10.1. The van der Waals surface area contributed by atoms with Gasteiger partial charge in [-0.1, -0.05) is 6.07 Å². The van der Waals surface area contributed by atoms with E-state index in [-0.39, 0.29) is 6.10 Å². The number of aryl methyl sites for hydroxylation is 2. The maximum Gasteiger partial charge on any atom is 0.115 e. The van der Waals surface area contributed by atoms with Gasteiger partial charge in [0.25, 0.3) is 0 Å². The summed E-state index contributed by atoms with van der Waals surface area (Å²) in [5.41, 5.74) is 5.11. The van der Waals surface area contributed by atoms with Crippen molar-refractivity contribution in [1.29, 1.82) is 0 Å². The van der Waals surface area contributed by atoms with Gasteiger partial charge in [0.05, 0.1) is 23.7 Å². The van der Waals surface area contributed by atoms with Crippen molar-refractivity contribution in [3.63, 3.8) is 0 Å². The molecule has 1 aliphatic heterocycles. The van der Waals surface area contributed by atoms with Crippen LogP contribution in [0.15, 0.2) is 43.1 Å². The second-order valence-corrected chi connectivity index (χ2v) is 6.76. The fourth-order valence-corrected chi connectivity index (χ4v) is 3.37. The maximum absolute atomic E-state index is 6.02. The number of nitrogens with zero attached hydrogens (tertiary/aromatic N) is 6. The molecule has 0 bridgehead atoms. The molecule has 1 fully saturated rings. The Balaban J connectivity index is 1.49. The van der Waals surface area contributed by atoms with Gasteiger partial charge in [0.2, 0.25) is 0 Å². The standard InChI is InChI=1S/C20H24N6O/c1-3-26-12-17(15(2)24-26)11-25-7-8-27-20(13-25)19-6-4-5-18(23-19)16-9-21-14-22-10-16/h4-6,9-10,12,14,20H,3,7-8,11,13H2,1-2H3/t20-/m0/s1. The van der Waals surface area contributed by atoms with Crippen LogP contribution in [-0.4, -0.2) is 49.3 Å². The number of rotatable bonds is 5. The van der Waals surface area contributed by atoms with Gasteiger partial charge in [0.15, 0.2) is 0 Å². The molecule has 0 aromatic carbocycles. The van der Waals surface area contributed by atoms with Crippen molar-refractivity contribution in [2.45, 2.75) is 33.0 Å². The third kappa shape index (κ3) is 4.04. The van der Waals surface area contributed by atoms with Crippen molar-refractivity contribution < 1.29 is 4.74 Å². The molecule has 1 saturated heterocycles. The second kappa shape index (κ2) is 7.94. The molecule has 1 atom stereocenters. The molecule has 4 rings (SSSR count). The summed E-state index contributed by atoms with van der Waals surface area (Å²) in [6.07, 6.45) is 7.19. The fraction of sp³-hybridized carbons (Fsp3) is 0.400. The van der Waals surface area contributed by atoms with Crippen LogP contribution >= 0.6 is 0 Å². The van der Waals surface area contributed by atoms with E-state index in [0.29, 0.717) is 6.61 Å². The normalized spacial score (nSPS) is 17.9. The third-order valence-corrected chi connectivity index (χ3v) is 4.87. The van der Waals surface area contributed by atoms with Crippen molar-refractivity contribution >= 4 is 0 Å². The molecule has 0 amide bonds. The number of ether oxygens (including phenoxy) is 1. The molecule has 0 radical (unpaired) electrons. The van der Waals surface area contributed by atoms with Crippen LogP contribution in [0, 0.1) is 6.92 Å². The molecule has 27 heavy (non-hydrogen) atoms. The lowest BCUT2D eigenvalue weighted by Crippen LogP contribution is -2.38. The summed E-state index contributed by atoms with van der Waals surface area (Å²) in [4.78, 5) is 15.4. The number of aromatic nitrogens is 5. The fourth-order valence-electron chi connectivity index (χ4n) is 3.37. The Morgan fingerprint density at radius 1 is 1.22 bits per heavy atom. The van der Waals surface area contributed by atoms with Crippen LogP contribution in [0.5, 0.6) is 0 Å². The Labute approximate surface area is 159 Å². The maximum atomic E-state index is 6.02. The molecule has 0 unspecified atom stereocenters. The van der Waals surface area contributed by atoms with E-state index in [9.17, 15) is 0 Å². The van der Waals surface area contributed by atoms with Crippen molar-refractivity contribution in [1.82, 2.24) is 29.6 Å². The molecular formula is C20H24N6O. The molecule has 3 aromatic rings. The quantitative estimate of drug-likeness (QED) is 0.693. The minimum atomic E-state index is -0.0372. The van der Waals surface area contributed by atoms with Gasteiger partial charge in [-0.3, -0.25) is 9.58 Å². The predicted octanol–water partition coefficient (Wildman–Crippen LogP) is 2.64. The molecule has 7 nitrogen and oxygen atoms in total. The van der Waals surface area contributed by atoms with Crippen molar-refractivity contribution in [3.05, 3.63) is 60.1 Å². The van der Waals surface area contributed by atoms with Gasteiger partial charge in [-0.05, 0) is 26.0 Å². The van der Waals surface area contributed by atoms with Gasteiger partial charge >= 0.3 is 0 Å². The van der Waals surface area contributed by atoms with E-state index in [1.807, 2.05) is 22.9 Å². The topological polar surface area (TPSA) is 69.0 Å². The zero-order valence-electron chi connectivity index (χ0n) is 15.7. The molecule has 4 heterocycles. The first kappa shape index (κ1) is 17.8. The summed E-state index contributed by atoms with van der Waals surface area (Å²) in [5, 5.41) is 4.55. The van der Waals surface area contributed by atoms with Gasteiger partial charge in [0.1, 0.15) is 12.4 Å². The van der Waals surface area contributed by atoms with Crippen LogP contribution in [0.25, 0.3) is 11.3 Å². The van der Waals surface area contributed by atoms with Crippen LogP contribution in [0.1, 0.15) is 30.0 Å². The number of hydrogen-bond donors (Lipinski definition) is 0. The van der Waals surface area contributed by atoms with Crippen LogP contribution in [0.2, 0.25) is 0 Å². The van der Waals surface area contributed by atoms with Crippen LogP contribution in [0.3, 0.4) is 0 Å². The van der Waals surface area contributed by atoms with Crippen LogP contribution in [-0.2, 0) is 17.8 Å². The highest BCUT2D eigenvalue weighted by atomic mass is 16.5. The van der Waals surface area contributed by atoms with E-state index >= 15 is 0 Å². The van der Waals surface area contributed by atoms with Gasteiger partial charge in [0, 0.05) is 55.9 Å². The molecule has 0 aliphatic carbocycles. The van der Waals surface area contributed by atoms with E-state index < -0.39 is 0 Å². The third-order valence-electron chi connectivity index (χ3n) is 4.87. The van der Waals surface area contributed by atoms with E-state index in [0.717, 1.165) is 48.8 Å².